The average Bonchev–Trinajstić information content (AvgIpc) is 3.29. The lowest BCUT2D eigenvalue weighted by atomic mass is 9.76. The zero-order valence-electron chi connectivity index (χ0n) is 17.9. The standard InChI is InChI=1S/C26H22FN3O3/c1-15-13-19(10-12-24(15)30(32)33)28-26(31)17-7-11-23-22(14-17)20-3-2-4-21(20)25(29-23)16-5-8-18(27)9-6-16/h2-3,5-14,20-21,25,29H,4H2,1H3,(H,28,31)/t20-,21-,25-/m1/s1. The predicted molar refractivity (Wildman–Crippen MR) is 125 cm³/mol. The van der Waals surface area contributed by atoms with E-state index in [0.29, 0.717) is 16.8 Å². The molecule has 0 saturated carbocycles. The lowest BCUT2D eigenvalue weighted by Crippen LogP contribution is -2.29. The van der Waals surface area contributed by atoms with Gasteiger partial charge < -0.3 is 10.6 Å². The molecule has 3 atom stereocenters. The third-order valence-electron chi connectivity index (χ3n) is 6.51. The SMILES string of the molecule is Cc1cc(NC(=O)c2ccc3c(c2)[C@@H]2C=CC[C@H]2[C@@H](c2ccc(F)cc2)N3)ccc1[N+](=O)[O-]. The first kappa shape index (κ1) is 20.9. The zero-order valence-corrected chi connectivity index (χ0v) is 17.9. The van der Waals surface area contributed by atoms with E-state index in [-0.39, 0.29) is 35.3 Å². The number of allylic oxidation sites excluding steroid dienone is 2. The van der Waals surface area contributed by atoms with E-state index in [2.05, 4.69) is 22.8 Å². The number of nitro groups is 1. The van der Waals surface area contributed by atoms with E-state index < -0.39 is 4.92 Å². The number of amides is 1. The summed E-state index contributed by atoms with van der Waals surface area (Å²) in [5.74, 6) is -0.0931. The fourth-order valence-corrected chi connectivity index (χ4v) is 4.88. The van der Waals surface area contributed by atoms with Crippen LogP contribution in [0.15, 0.2) is 72.8 Å². The summed E-state index contributed by atoms with van der Waals surface area (Å²) in [6, 6.07) is 16.8. The predicted octanol–water partition coefficient (Wildman–Crippen LogP) is 6.12. The molecule has 7 heteroatoms. The quantitative estimate of drug-likeness (QED) is 0.289. The summed E-state index contributed by atoms with van der Waals surface area (Å²) >= 11 is 0. The molecule has 1 aliphatic carbocycles. The van der Waals surface area contributed by atoms with Crippen LogP contribution >= 0.6 is 0 Å². The summed E-state index contributed by atoms with van der Waals surface area (Å²) in [5.41, 5.74) is 4.58. The summed E-state index contributed by atoms with van der Waals surface area (Å²) in [6.45, 7) is 1.64. The minimum atomic E-state index is -0.442. The van der Waals surface area contributed by atoms with E-state index in [1.807, 2.05) is 24.3 Å². The Morgan fingerprint density at radius 2 is 1.91 bits per heavy atom. The van der Waals surface area contributed by atoms with Crippen LogP contribution < -0.4 is 10.6 Å². The number of hydrogen-bond donors (Lipinski definition) is 2. The Morgan fingerprint density at radius 3 is 2.64 bits per heavy atom. The molecule has 2 aliphatic rings. The first-order valence-electron chi connectivity index (χ1n) is 10.8. The summed E-state index contributed by atoms with van der Waals surface area (Å²) in [6.07, 6.45) is 5.24. The second-order valence-electron chi connectivity index (χ2n) is 8.54. The highest BCUT2D eigenvalue weighted by Gasteiger charge is 2.38. The van der Waals surface area contributed by atoms with E-state index in [1.165, 1.54) is 24.3 Å². The third kappa shape index (κ3) is 3.86. The Hall–Kier alpha value is -4.00. The van der Waals surface area contributed by atoms with Gasteiger partial charge in [-0.05, 0) is 72.9 Å². The van der Waals surface area contributed by atoms with Crippen LogP contribution in [0.3, 0.4) is 0 Å². The van der Waals surface area contributed by atoms with Crippen LogP contribution in [0.1, 0.15) is 45.4 Å². The van der Waals surface area contributed by atoms with Crippen molar-refractivity contribution in [2.45, 2.75) is 25.3 Å². The van der Waals surface area contributed by atoms with Crippen molar-refractivity contribution in [1.29, 1.82) is 0 Å². The Kier molecular flexibility index (Phi) is 5.17. The molecule has 0 unspecified atom stereocenters. The molecule has 2 N–H and O–H groups in total. The van der Waals surface area contributed by atoms with Crippen molar-refractivity contribution < 1.29 is 14.1 Å². The molecule has 166 valence electrons. The maximum absolute atomic E-state index is 13.4. The first-order chi connectivity index (χ1) is 15.9. The van der Waals surface area contributed by atoms with Gasteiger partial charge in [-0.1, -0.05) is 24.3 Å². The van der Waals surface area contributed by atoms with Crippen LogP contribution in [-0.4, -0.2) is 10.8 Å². The van der Waals surface area contributed by atoms with Gasteiger partial charge >= 0.3 is 0 Å². The molecule has 1 amide bonds. The summed E-state index contributed by atoms with van der Waals surface area (Å²) in [7, 11) is 0. The Balaban J connectivity index is 1.41. The highest BCUT2D eigenvalue weighted by atomic mass is 19.1. The molecular weight excluding hydrogens is 421 g/mol. The molecule has 0 fully saturated rings. The highest BCUT2D eigenvalue weighted by Crippen LogP contribution is 2.50. The third-order valence-corrected chi connectivity index (χ3v) is 6.51. The number of carbonyl (C=O) groups excluding carboxylic acids is 1. The van der Waals surface area contributed by atoms with Gasteiger partial charge in [0, 0.05) is 34.5 Å². The van der Waals surface area contributed by atoms with Crippen molar-refractivity contribution in [2.24, 2.45) is 5.92 Å². The van der Waals surface area contributed by atoms with Gasteiger partial charge in [-0.3, -0.25) is 14.9 Å². The number of hydrogen-bond acceptors (Lipinski definition) is 4. The molecule has 1 heterocycles. The Morgan fingerprint density at radius 1 is 1.12 bits per heavy atom. The van der Waals surface area contributed by atoms with Crippen molar-refractivity contribution in [3.8, 4) is 0 Å². The number of halogens is 1. The second kappa shape index (κ2) is 8.16. The molecule has 0 saturated heterocycles. The van der Waals surface area contributed by atoms with Crippen molar-refractivity contribution >= 4 is 23.0 Å². The molecule has 0 radical (unpaired) electrons. The fraction of sp³-hybridized carbons (Fsp3) is 0.192. The molecule has 3 aromatic rings. The molecule has 5 rings (SSSR count). The van der Waals surface area contributed by atoms with Crippen LogP contribution in [0.2, 0.25) is 0 Å². The number of aryl methyl sites for hydroxylation is 1. The molecule has 33 heavy (non-hydrogen) atoms. The van der Waals surface area contributed by atoms with Crippen LogP contribution in [0.5, 0.6) is 0 Å². The number of fused-ring (bicyclic) bond motifs is 3. The average molecular weight is 443 g/mol. The maximum atomic E-state index is 13.4. The van der Waals surface area contributed by atoms with Crippen LogP contribution in [0, 0.1) is 28.8 Å². The lowest BCUT2D eigenvalue weighted by Gasteiger charge is -2.37. The highest BCUT2D eigenvalue weighted by molar-refractivity contribution is 6.04. The first-order valence-corrected chi connectivity index (χ1v) is 10.8. The van der Waals surface area contributed by atoms with Gasteiger partial charge in [0.25, 0.3) is 11.6 Å². The zero-order chi connectivity index (χ0) is 23.1. The van der Waals surface area contributed by atoms with Gasteiger partial charge in [0.15, 0.2) is 0 Å². The number of nitro benzene ring substituents is 1. The van der Waals surface area contributed by atoms with Crippen molar-refractivity contribution in [3.05, 3.63) is 111 Å². The largest absolute Gasteiger partial charge is 0.378 e. The number of carbonyl (C=O) groups is 1. The van der Waals surface area contributed by atoms with Crippen molar-refractivity contribution in [2.75, 3.05) is 10.6 Å². The molecule has 0 bridgehead atoms. The second-order valence-corrected chi connectivity index (χ2v) is 8.54. The lowest BCUT2D eigenvalue weighted by molar-refractivity contribution is -0.385. The smallest absolute Gasteiger partial charge is 0.272 e. The van der Waals surface area contributed by atoms with Crippen LogP contribution in [0.25, 0.3) is 0 Å². The Labute approximate surface area is 190 Å². The number of nitrogens with one attached hydrogen (secondary N) is 2. The summed E-state index contributed by atoms with van der Waals surface area (Å²) in [5, 5.41) is 17.4. The Bertz CT molecular complexity index is 1290. The van der Waals surface area contributed by atoms with Crippen molar-refractivity contribution in [3.63, 3.8) is 0 Å². The van der Waals surface area contributed by atoms with E-state index >= 15 is 0 Å². The normalized spacial score (nSPS) is 20.5. The molecule has 3 aromatic carbocycles. The molecule has 0 aromatic heterocycles. The van der Waals surface area contributed by atoms with Crippen molar-refractivity contribution in [1.82, 2.24) is 0 Å². The maximum Gasteiger partial charge on any atom is 0.272 e. The summed E-state index contributed by atoms with van der Waals surface area (Å²) < 4.78 is 13.4. The van der Waals surface area contributed by atoms with Gasteiger partial charge in [0.1, 0.15) is 5.82 Å². The molecule has 6 nitrogen and oxygen atoms in total. The van der Waals surface area contributed by atoms with E-state index in [9.17, 15) is 19.3 Å². The van der Waals surface area contributed by atoms with Gasteiger partial charge in [-0.25, -0.2) is 4.39 Å². The molecule has 1 aliphatic heterocycles. The van der Waals surface area contributed by atoms with Crippen LogP contribution in [-0.2, 0) is 0 Å². The fourth-order valence-electron chi connectivity index (χ4n) is 4.88. The van der Waals surface area contributed by atoms with Gasteiger partial charge in [-0.15, -0.1) is 0 Å². The summed E-state index contributed by atoms with van der Waals surface area (Å²) in [4.78, 5) is 23.5. The van der Waals surface area contributed by atoms with E-state index in [4.69, 9.17) is 0 Å². The topological polar surface area (TPSA) is 84.3 Å². The van der Waals surface area contributed by atoms with Gasteiger partial charge in [0.2, 0.25) is 0 Å². The van der Waals surface area contributed by atoms with Gasteiger partial charge in [-0.2, -0.15) is 0 Å². The number of anilines is 2. The van der Waals surface area contributed by atoms with E-state index in [0.717, 1.165) is 23.2 Å². The number of benzene rings is 3. The number of rotatable bonds is 4. The molecule has 0 spiro atoms. The minimum absolute atomic E-state index is 0.0163. The van der Waals surface area contributed by atoms with E-state index in [1.54, 1.807) is 19.1 Å². The van der Waals surface area contributed by atoms with Crippen LogP contribution in [0.4, 0.5) is 21.5 Å². The minimum Gasteiger partial charge on any atom is -0.378 e. The van der Waals surface area contributed by atoms with Gasteiger partial charge in [0.05, 0.1) is 11.0 Å². The monoisotopic (exact) mass is 443 g/mol. The molecular formula is C26H22FN3O3. The number of nitrogens with zero attached hydrogens (tertiary/aromatic N) is 1.